The van der Waals surface area contributed by atoms with Crippen molar-refractivity contribution >= 4 is 11.8 Å². The Kier molecular flexibility index (Phi) is 2.74. The Bertz CT molecular complexity index is 307. The largest absolute Gasteiger partial charge is 0.123 e. The number of fused-ring (bicyclic) bond motifs is 2. The molecule has 2 saturated carbocycles. The van der Waals surface area contributed by atoms with E-state index in [0.29, 0.717) is 0 Å². The summed E-state index contributed by atoms with van der Waals surface area (Å²) in [5.74, 6) is 2.12. The molecule has 0 radical (unpaired) electrons. The highest BCUT2D eigenvalue weighted by atomic mass is 32.2. The molecular formula is C14H18S. The molecule has 0 amide bonds. The van der Waals surface area contributed by atoms with Crippen LogP contribution in [0.25, 0.3) is 0 Å². The summed E-state index contributed by atoms with van der Waals surface area (Å²) >= 11 is 2.11. The van der Waals surface area contributed by atoms with Crippen LogP contribution < -0.4 is 0 Å². The highest BCUT2D eigenvalue weighted by Crippen LogP contribution is 2.46. The van der Waals surface area contributed by atoms with Gasteiger partial charge >= 0.3 is 0 Å². The topological polar surface area (TPSA) is 0 Å². The molecule has 1 heteroatoms. The van der Waals surface area contributed by atoms with Gasteiger partial charge in [0.1, 0.15) is 0 Å². The molecule has 0 N–H and O–H groups in total. The Morgan fingerprint density at radius 3 is 2.20 bits per heavy atom. The lowest BCUT2D eigenvalue weighted by Crippen LogP contribution is -2.17. The molecule has 2 fully saturated rings. The summed E-state index contributed by atoms with van der Waals surface area (Å²) in [6.45, 7) is 0. The van der Waals surface area contributed by atoms with Gasteiger partial charge in [-0.1, -0.05) is 31.0 Å². The molecule has 1 aromatic carbocycles. The molecule has 3 atom stereocenters. The fourth-order valence-electron chi connectivity index (χ4n) is 3.23. The third kappa shape index (κ3) is 2.23. The zero-order valence-corrected chi connectivity index (χ0v) is 9.88. The molecule has 15 heavy (non-hydrogen) atoms. The first-order chi connectivity index (χ1) is 7.40. The van der Waals surface area contributed by atoms with Crippen molar-refractivity contribution in [3.05, 3.63) is 30.3 Å². The van der Waals surface area contributed by atoms with Gasteiger partial charge < -0.3 is 0 Å². The van der Waals surface area contributed by atoms with Crippen LogP contribution in [0.3, 0.4) is 0 Å². The molecule has 3 rings (SSSR count). The van der Waals surface area contributed by atoms with Crippen molar-refractivity contribution < 1.29 is 0 Å². The van der Waals surface area contributed by atoms with E-state index in [9.17, 15) is 0 Å². The van der Waals surface area contributed by atoms with Crippen molar-refractivity contribution in [1.29, 1.82) is 0 Å². The summed E-state index contributed by atoms with van der Waals surface area (Å²) in [4.78, 5) is 1.46. The van der Waals surface area contributed by atoms with E-state index in [0.717, 1.165) is 17.1 Å². The smallest absolute Gasteiger partial charge is 0.00996 e. The van der Waals surface area contributed by atoms with Gasteiger partial charge in [0.15, 0.2) is 0 Å². The lowest BCUT2D eigenvalue weighted by molar-refractivity contribution is 0.368. The number of hydrogen-bond acceptors (Lipinski definition) is 1. The SMILES string of the molecule is c1ccc(S[C@H]2C[C@@H]3CC[C@@H](C3)C2)cc1. The molecule has 2 aliphatic carbocycles. The fourth-order valence-corrected chi connectivity index (χ4v) is 4.67. The van der Waals surface area contributed by atoms with Crippen LogP contribution in [-0.4, -0.2) is 5.25 Å². The summed E-state index contributed by atoms with van der Waals surface area (Å²) in [5.41, 5.74) is 0. The number of hydrogen-bond donors (Lipinski definition) is 0. The second-order valence-corrected chi connectivity index (χ2v) is 6.44. The third-order valence-corrected chi connectivity index (χ3v) is 5.15. The van der Waals surface area contributed by atoms with Crippen LogP contribution in [0, 0.1) is 11.8 Å². The van der Waals surface area contributed by atoms with E-state index in [1.165, 1.54) is 37.0 Å². The van der Waals surface area contributed by atoms with Crippen LogP contribution in [0.5, 0.6) is 0 Å². The van der Waals surface area contributed by atoms with E-state index in [1.807, 2.05) is 0 Å². The maximum Gasteiger partial charge on any atom is 0.00996 e. The van der Waals surface area contributed by atoms with Crippen LogP contribution in [0.15, 0.2) is 35.2 Å². The minimum atomic E-state index is 0.902. The second kappa shape index (κ2) is 4.21. The van der Waals surface area contributed by atoms with Crippen molar-refractivity contribution in [1.82, 2.24) is 0 Å². The predicted octanol–water partition coefficient (Wildman–Crippen LogP) is 4.36. The van der Waals surface area contributed by atoms with Crippen molar-refractivity contribution in [3.8, 4) is 0 Å². The van der Waals surface area contributed by atoms with Crippen LogP contribution in [0.4, 0.5) is 0 Å². The molecule has 0 unspecified atom stereocenters. The number of thioether (sulfide) groups is 1. The second-order valence-electron chi connectivity index (χ2n) is 5.07. The zero-order chi connectivity index (χ0) is 10.1. The molecule has 0 nitrogen and oxygen atoms in total. The molecule has 80 valence electrons. The van der Waals surface area contributed by atoms with E-state index < -0.39 is 0 Å². The first-order valence-electron chi connectivity index (χ1n) is 6.12. The van der Waals surface area contributed by atoms with Gasteiger partial charge in [-0.2, -0.15) is 0 Å². The Hall–Kier alpha value is -0.430. The van der Waals surface area contributed by atoms with Crippen molar-refractivity contribution in [2.75, 3.05) is 0 Å². The first kappa shape index (κ1) is 9.77. The molecule has 0 aliphatic heterocycles. The van der Waals surface area contributed by atoms with Gasteiger partial charge in [-0.25, -0.2) is 0 Å². The molecule has 0 aromatic heterocycles. The molecule has 0 saturated heterocycles. The van der Waals surface area contributed by atoms with E-state index in [2.05, 4.69) is 42.1 Å². The minimum absolute atomic E-state index is 0.902. The van der Waals surface area contributed by atoms with Crippen molar-refractivity contribution in [3.63, 3.8) is 0 Å². The zero-order valence-electron chi connectivity index (χ0n) is 9.06. The van der Waals surface area contributed by atoms with Crippen LogP contribution in [-0.2, 0) is 0 Å². The lowest BCUT2D eigenvalue weighted by atomic mass is 9.89. The lowest BCUT2D eigenvalue weighted by Gasteiger charge is -2.27. The Labute approximate surface area is 96.5 Å². The van der Waals surface area contributed by atoms with Gasteiger partial charge in [0, 0.05) is 10.1 Å². The molecule has 2 aliphatic rings. The van der Waals surface area contributed by atoms with Gasteiger partial charge in [-0.05, 0) is 43.2 Å². The predicted molar refractivity (Wildman–Crippen MR) is 66.2 cm³/mol. The summed E-state index contributed by atoms with van der Waals surface area (Å²) in [6.07, 6.45) is 7.49. The minimum Gasteiger partial charge on any atom is -0.123 e. The molecular weight excluding hydrogens is 200 g/mol. The molecule has 0 spiro atoms. The van der Waals surface area contributed by atoms with Gasteiger partial charge in [-0.15, -0.1) is 11.8 Å². The maximum atomic E-state index is 2.25. The van der Waals surface area contributed by atoms with Crippen molar-refractivity contribution in [2.45, 2.75) is 42.2 Å². The average molecular weight is 218 g/mol. The Morgan fingerprint density at radius 2 is 1.53 bits per heavy atom. The summed E-state index contributed by atoms with van der Waals surface area (Å²) in [5, 5.41) is 0.902. The molecule has 0 heterocycles. The monoisotopic (exact) mass is 218 g/mol. The van der Waals surface area contributed by atoms with Gasteiger partial charge in [0.25, 0.3) is 0 Å². The normalized spacial score (nSPS) is 34.3. The van der Waals surface area contributed by atoms with E-state index >= 15 is 0 Å². The number of rotatable bonds is 2. The quantitative estimate of drug-likeness (QED) is 0.711. The van der Waals surface area contributed by atoms with E-state index in [1.54, 1.807) is 0 Å². The summed E-state index contributed by atoms with van der Waals surface area (Å²) < 4.78 is 0. The van der Waals surface area contributed by atoms with Crippen LogP contribution in [0.1, 0.15) is 32.1 Å². The third-order valence-electron chi connectivity index (χ3n) is 3.89. The Balaban J connectivity index is 1.65. The number of benzene rings is 1. The van der Waals surface area contributed by atoms with E-state index in [4.69, 9.17) is 0 Å². The van der Waals surface area contributed by atoms with Crippen LogP contribution in [0.2, 0.25) is 0 Å². The van der Waals surface area contributed by atoms with E-state index in [-0.39, 0.29) is 0 Å². The molecule has 1 aromatic rings. The van der Waals surface area contributed by atoms with Gasteiger partial charge in [0.2, 0.25) is 0 Å². The standard InChI is InChI=1S/C14H18S/c1-2-4-13(5-3-1)15-14-9-11-6-7-12(8-11)10-14/h1-5,11-12,14H,6-10H2/t11-,12+,14+. The van der Waals surface area contributed by atoms with Gasteiger partial charge in [-0.3, -0.25) is 0 Å². The summed E-state index contributed by atoms with van der Waals surface area (Å²) in [7, 11) is 0. The fraction of sp³-hybridized carbons (Fsp3) is 0.571. The Morgan fingerprint density at radius 1 is 0.867 bits per heavy atom. The highest BCUT2D eigenvalue weighted by Gasteiger charge is 2.34. The van der Waals surface area contributed by atoms with Crippen molar-refractivity contribution in [2.24, 2.45) is 11.8 Å². The highest BCUT2D eigenvalue weighted by molar-refractivity contribution is 8.00. The van der Waals surface area contributed by atoms with Gasteiger partial charge in [0.05, 0.1) is 0 Å². The molecule has 2 bridgehead atoms. The average Bonchev–Trinajstić information content (AvgIpc) is 2.60. The maximum absolute atomic E-state index is 2.25. The van der Waals surface area contributed by atoms with Crippen LogP contribution >= 0.6 is 11.8 Å². The first-order valence-corrected chi connectivity index (χ1v) is 7.00. The summed E-state index contributed by atoms with van der Waals surface area (Å²) in [6, 6.07) is 10.9.